The lowest BCUT2D eigenvalue weighted by Crippen LogP contribution is -2.65. The number of anilines is 1. The molecule has 7 heteroatoms. The van der Waals surface area contributed by atoms with Crippen molar-refractivity contribution in [3.63, 3.8) is 0 Å². The van der Waals surface area contributed by atoms with Crippen LogP contribution in [0.2, 0.25) is 0 Å². The van der Waals surface area contributed by atoms with Gasteiger partial charge in [0.1, 0.15) is 17.0 Å². The maximum atomic E-state index is 6.40. The number of H-pyrrole nitrogens is 1. The average Bonchev–Trinajstić information content (AvgIpc) is 3.77. The van der Waals surface area contributed by atoms with Crippen molar-refractivity contribution in [1.29, 1.82) is 0 Å². The van der Waals surface area contributed by atoms with Gasteiger partial charge in [0.2, 0.25) is 0 Å². The number of nitrogens with one attached hydrogen (secondary N) is 1. The number of benzene rings is 1. The molecule has 6 nitrogen and oxygen atoms in total. The number of fused-ring (bicyclic) bond motifs is 1. The van der Waals surface area contributed by atoms with Gasteiger partial charge in [0, 0.05) is 30.5 Å². The molecule has 2 atom stereocenters. The molecule has 1 fully saturated rings. The van der Waals surface area contributed by atoms with Crippen LogP contribution in [0.5, 0.6) is 0 Å². The number of imidazole rings is 1. The Morgan fingerprint density at radius 3 is 2.59 bits per heavy atom. The van der Waals surface area contributed by atoms with Crippen molar-refractivity contribution < 1.29 is 4.42 Å². The molecular weight excluding hydrogens is 478 g/mol. The predicted molar refractivity (Wildman–Crippen MR) is 146 cm³/mol. The summed E-state index contributed by atoms with van der Waals surface area (Å²) in [5.74, 6) is 1.66. The quantitative estimate of drug-likeness (QED) is 0.289. The van der Waals surface area contributed by atoms with Gasteiger partial charge < -0.3 is 14.3 Å². The zero-order chi connectivity index (χ0) is 24.7. The third kappa shape index (κ3) is 3.13. The number of hydrogen-bond acceptors (Lipinski definition) is 6. The number of pyridine rings is 2. The molecule has 0 amide bonds. The van der Waals surface area contributed by atoms with E-state index in [0.717, 1.165) is 58.3 Å². The van der Waals surface area contributed by atoms with Crippen molar-refractivity contribution >= 4 is 27.2 Å². The molecule has 6 aromatic rings. The number of furan rings is 1. The van der Waals surface area contributed by atoms with Gasteiger partial charge in [-0.3, -0.25) is 4.98 Å². The van der Waals surface area contributed by atoms with E-state index in [0.29, 0.717) is 0 Å². The Kier molecular flexibility index (Phi) is 5.18. The third-order valence-electron chi connectivity index (χ3n) is 7.58. The second-order valence-corrected chi connectivity index (χ2v) is 10.3. The summed E-state index contributed by atoms with van der Waals surface area (Å²) in [5.41, 5.74) is 1.19. The summed E-state index contributed by atoms with van der Waals surface area (Å²) in [6, 6.07) is 27.0. The van der Waals surface area contributed by atoms with Crippen molar-refractivity contribution in [2.45, 2.75) is 23.8 Å². The van der Waals surface area contributed by atoms with Crippen LogP contribution in [0.3, 0.4) is 0 Å². The number of piperidine rings is 1. The lowest BCUT2D eigenvalue weighted by atomic mass is 9.58. The second kappa shape index (κ2) is 8.71. The van der Waals surface area contributed by atoms with Crippen LogP contribution in [0.4, 0.5) is 5.00 Å². The fourth-order valence-corrected chi connectivity index (χ4v) is 7.01. The summed E-state index contributed by atoms with van der Waals surface area (Å²) in [6.07, 6.45) is 9.10. The minimum absolute atomic E-state index is 0.715. The monoisotopic (exact) mass is 503 g/mol. The summed E-state index contributed by atoms with van der Waals surface area (Å²) in [6.45, 7) is 0.838. The lowest BCUT2D eigenvalue weighted by molar-refractivity contribution is 0.181. The van der Waals surface area contributed by atoms with E-state index < -0.39 is 11.0 Å². The van der Waals surface area contributed by atoms with Crippen LogP contribution in [0.25, 0.3) is 10.9 Å². The molecule has 2 unspecified atom stereocenters. The molecule has 1 saturated heterocycles. The number of aromatic nitrogens is 4. The molecule has 182 valence electrons. The highest BCUT2D eigenvalue weighted by molar-refractivity contribution is 7.14. The van der Waals surface area contributed by atoms with E-state index in [4.69, 9.17) is 19.4 Å². The van der Waals surface area contributed by atoms with Crippen LogP contribution in [0.15, 0.2) is 114 Å². The van der Waals surface area contributed by atoms with Gasteiger partial charge in [-0.1, -0.05) is 30.3 Å². The van der Waals surface area contributed by atoms with E-state index in [1.807, 2.05) is 42.9 Å². The SMILES string of the molecule is c1ccc(C2(c3ncc[nH]3)CCCN(c3cccs3)C2(c2ccc3ccccc3n2)c2ccco2)nc1. The zero-order valence-corrected chi connectivity index (χ0v) is 20.9. The van der Waals surface area contributed by atoms with E-state index in [1.165, 1.54) is 0 Å². The number of nitrogens with zero attached hydrogens (tertiary/aromatic N) is 4. The van der Waals surface area contributed by atoms with Crippen LogP contribution >= 0.6 is 11.3 Å². The van der Waals surface area contributed by atoms with Crippen molar-refractivity contribution in [1.82, 2.24) is 19.9 Å². The van der Waals surface area contributed by atoms with Gasteiger partial charge in [0.25, 0.3) is 0 Å². The van der Waals surface area contributed by atoms with Crippen LogP contribution in [-0.4, -0.2) is 26.5 Å². The van der Waals surface area contributed by atoms with Gasteiger partial charge in [-0.15, -0.1) is 11.3 Å². The largest absolute Gasteiger partial charge is 0.466 e. The maximum Gasteiger partial charge on any atom is 0.160 e. The standard InChI is InChI=1S/C30H25N5OS/c1-2-9-23-22(8-1)13-14-25(34-23)30(26-11-5-20-36-26)29(28-32-17-18-33-28,24-10-3-4-16-31-24)15-7-19-35(30)27-12-6-21-37-27/h1-6,8-14,16-18,20-21H,7,15,19H2,(H,32,33). The summed E-state index contributed by atoms with van der Waals surface area (Å²) in [4.78, 5) is 21.2. The average molecular weight is 504 g/mol. The van der Waals surface area contributed by atoms with Crippen molar-refractivity contribution in [2.75, 3.05) is 11.4 Å². The Labute approximate surface area is 218 Å². The summed E-state index contributed by atoms with van der Waals surface area (Å²) < 4.78 is 6.40. The van der Waals surface area contributed by atoms with Crippen molar-refractivity contribution in [3.8, 4) is 0 Å². The molecule has 5 aromatic heterocycles. The van der Waals surface area contributed by atoms with E-state index in [2.05, 4.69) is 69.9 Å². The van der Waals surface area contributed by atoms with E-state index in [-0.39, 0.29) is 0 Å². The maximum absolute atomic E-state index is 6.40. The van der Waals surface area contributed by atoms with Crippen LogP contribution < -0.4 is 4.90 Å². The molecule has 0 saturated carbocycles. The Morgan fingerprint density at radius 1 is 0.865 bits per heavy atom. The molecule has 0 radical (unpaired) electrons. The molecule has 6 heterocycles. The van der Waals surface area contributed by atoms with Gasteiger partial charge in [0.15, 0.2) is 5.54 Å². The van der Waals surface area contributed by atoms with E-state index >= 15 is 0 Å². The number of hydrogen-bond donors (Lipinski definition) is 1. The molecule has 1 aliphatic rings. The number of thiophene rings is 1. The smallest absolute Gasteiger partial charge is 0.160 e. The fourth-order valence-electron chi connectivity index (χ4n) is 6.20. The number of aromatic amines is 1. The normalized spacial score (nSPS) is 21.9. The predicted octanol–water partition coefficient (Wildman–Crippen LogP) is 6.54. The van der Waals surface area contributed by atoms with E-state index in [1.54, 1.807) is 17.6 Å². The third-order valence-corrected chi connectivity index (χ3v) is 8.47. The summed E-state index contributed by atoms with van der Waals surface area (Å²) in [5, 5.41) is 4.37. The highest BCUT2D eigenvalue weighted by Gasteiger charge is 2.65. The first-order valence-corrected chi connectivity index (χ1v) is 13.3. The van der Waals surface area contributed by atoms with E-state index in [9.17, 15) is 0 Å². The highest BCUT2D eigenvalue weighted by Crippen LogP contribution is 2.59. The van der Waals surface area contributed by atoms with Crippen LogP contribution in [-0.2, 0) is 11.0 Å². The molecular formula is C30H25N5OS. The van der Waals surface area contributed by atoms with Gasteiger partial charge in [-0.05, 0) is 66.8 Å². The first-order chi connectivity index (χ1) is 18.3. The van der Waals surface area contributed by atoms with Crippen molar-refractivity contribution in [3.05, 3.63) is 132 Å². The molecule has 7 rings (SSSR count). The minimum atomic E-state index is -0.865. The number of rotatable bonds is 5. The lowest BCUT2D eigenvalue weighted by Gasteiger charge is -2.57. The number of para-hydroxylation sites is 1. The zero-order valence-electron chi connectivity index (χ0n) is 20.1. The first-order valence-electron chi connectivity index (χ1n) is 12.5. The van der Waals surface area contributed by atoms with Crippen LogP contribution in [0, 0.1) is 0 Å². The molecule has 37 heavy (non-hydrogen) atoms. The molecule has 1 aromatic carbocycles. The Bertz CT molecular complexity index is 1620. The van der Waals surface area contributed by atoms with Gasteiger partial charge in [0.05, 0.1) is 28.2 Å². The molecule has 0 aliphatic carbocycles. The fraction of sp³-hybridized carbons (Fsp3) is 0.167. The Balaban J connectivity index is 1.67. The molecule has 0 spiro atoms. The minimum Gasteiger partial charge on any atom is -0.466 e. The molecule has 0 bridgehead atoms. The van der Waals surface area contributed by atoms with Gasteiger partial charge in [-0.2, -0.15) is 0 Å². The van der Waals surface area contributed by atoms with Gasteiger partial charge in [-0.25, -0.2) is 9.97 Å². The second-order valence-electron chi connectivity index (χ2n) is 9.34. The summed E-state index contributed by atoms with van der Waals surface area (Å²) >= 11 is 1.73. The Morgan fingerprint density at radius 2 is 1.81 bits per heavy atom. The first kappa shape index (κ1) is 22.0. The van der Waals surface area contributed by atoms with Crippen molar-refractivity contribution in [2.24, 2.45) is 0 Å². The Hall–Kier alpha value is -4.23. The summed E-state index contributed by atoms with van der Waals surface area (Å²) in [7, 11) is 0. The molecule has 1 aliphatic heterocycles. The van der Waals surface area contributed by atoms with Crippen LogP contribution in [0.1, 0.15) is 35.8 Å². The molecule has 1 N–H and O–H groups in total. The highest BCUT2D eigenvalue weighted by atomic mass is 32.1. The topological polar surface area (TPSA) is 70.8 Å². The van der Waals surface area contributed by atoms with Gasteiger partial charge >= 0.3 is 0 Å².